The van der Waals surface area contributed by atoms with Gasteiger partial charge in [0.1, 0.15) is 22.2 Å². The van der Waals surface area contributed by atoms with Gasteiger partial charge in [0.2, 0.25) is 0 Å². The molecule has 0 saturated carbocycles. The van der Waals surface area contributed by atoms with Crippen LogP contribution in [0.15, 0.2) is 12.1 Å². The quantitative estimate of drug-likeness (QED) is 0.691. The van der Waals surface area contributed by atoms with Gasteiger partial charge in [-0.1, -0.05) is 17.7 Å². The summed E-state index contributed by atoms with van der Waals surface area (Å²) in [6.45, 7) is 6.21. The molecule has 2 atom stereocenters. The normalized spacial score (nSPS) is 14.4. The van der Waals surface area contributed by atoms with Gasteiger partial charge in [-0.3, -0.25) is 0 Å². The van der Waals surface area contributed by atoms with Gasteiger partial charge < -0.3 is 20.0 Å². The first-order valence-electron chi connectivity index (χ1n) is 8.11. The first kappa shape index (κ1) is 23.2. The van der Waals surface area contributed by atoms with Gasteiger partial charge >= 0.3 is 12.3 Å². The second kappa shape index (κ2) is 8.88. The number of rotatable bonds is 6. The summed E-state index contributed by atoms with van der Waals surface area (Å²) in [5, 5.41) is 12.2. The summed E-state index contributed by atoms with van der Waals surface area (Å²) in [7, 11) is 0. The van der Waals surface area contributed by atoms with Crippen molar-refractivity contribution in [2.24, 2.45) is 0 Å². The van der Waals surface area contributed by atoms with E-state index in [0.29, 0.717) is 6.07 Å². The molecule has 27 heavy (non-hydrogen) atoms. The van der Waals surface area contributed by atoms with Crippen molar-refractivity contribution in [1.82, 2.24) is 10.3 Å². The molecule has 0 spiro atoms. The molecule has 1 heterocycles. The van der Waals surface area contributed by atoms with E-state index in [1.807, 2.05) is 0 Å². The maximum absolute atomic E-state index is 12.8. The third-order valence-corrected chi connectivity index (χ3v) is 3.65. The minimum absolute atomic E-state index is 0.0132. The van der Waals surface area contributed by atoms with Gasteiger partial charge in [-0.15, -0.1) is 0 Å². The Morgan fingerprint density at radius 2 is 1.89 bits per heavy atom. The van der Waals surface area contributed by atoms with Crippen LogP contribution in [0.4, 0.5) is 18.0 Å². The smallest absolute Gasteiger partial charge is 0.433 e. The Hall–Kier alpha value is -1.87. The Morgan fingerprint density at radius 3 is 2.33 bits per heavy atom. The largest absolute Gasteiger partial charge is 0.444 e. The molecule has 0 aromatic carbocycles. The van der Waals surface area contributed by atoms with Gasteiger partial charge in [0.25, 0.3) is 0 Å². The topological polar surface area (TPSA) is 88.5 Å². The van der Waals surface area contributed by atoms with Crippen molar-refractivity contribution in [2.75, 3.05) is 0 Å². The van der Waals surface area contributed by atoms with Gasteiger partial charge in [-0.05, 0) is 40.2 Å². The maximum atomic E-state index is 12.8. The van der Waals surface area contributed by atoms with Gasteiger partial charge in [-0.2, -0.15) is 13.2 Å². The lowest BCUT2D eigenvalue weighted by Crippen LogP contribution is -2.40. The number of carbonyl (C=O) groups is 2. The molecule has 6 nitrogen and oxygen atoms in total. The van der Waals surface area contributed by atoms with Gasteiger partial charge in [0.05, 0.1) is 12.1 Å². The van der Waals surface area contributed by atoms with Crippen LogP contribution >= 0.6 is 11.6 Å². The minimum Gasteiger partial charge on any atom is -0.444 e. The SMILES string of the molecule is CC(=O)CC[C@H](O)[C@@H](NC(=O)OC(C)(C)C)c1ccc(C(F)(F)F)nc1Cl. The fourth-order valence-electron chi connectivity index (χ4n) is 2.17. The molecule has 0 fully saturated rings. The molecule has 0 saturated heterocycles. The number of ketones is 1. The Balaban J connectivity index is 3.16. The Bertz CT molecular complexity index is 690. The number of amides is 1. The van der Waals surface area contributed by atoms with Crippen molar-refractivity contribution in [1.29, 1.82) is 0 Å². The highest BCUT2D eigenvalue weighted by atomic mass is 35.5. The van der Waals surface area contributed by atoms with E-state index in [1.165, 1.54) is 6.92 Å². The number of aliphatic hydroxyl groups excluding tert-OH is 1. The highest BCUT2D eigenvalue weighted by Gasteiger charge is 2.35. The zero-order valence-corrected chi connectivity index (χ0v) is 16.1. The van der Waals surface area contributed by atoms with Crippen molar-refractivity contribution in [3.63, 3.8) is 0 Å². The molecule has 10 heteroatoms. The van der Waals surface area contributed by atoms with Crippen LogP contribution in [-0.2, 0) is 15.7 Å². The molecule has 0 bridgehead atoms. The second-order valence-corrected chi connectivity index (χ2v) is 7.36. The van der Waals surface area contributed by atoms with Crippen LogP contribution in [0.25, 0.3) is 0 Å². The number of hydrogen-bond donors (Lipinski definition) is 2. The van der Waals surface area contributed by atoms with Crippen molar-refractivity contribution >= 4 is 23.5 Å². The van der Waals surface area contributed by atoms with Crippen molar-refractivity contribution in [3.8, 4) is 0 Å². The van der Waals surface area contributed by atoms with Gasteiger partial charge in [0, 0.05) is 12.0 Å². The molecule has 0 radical (unpaired) electrons. The molecule has 1 aromatic rings. The lowest BCUT2D eigenvalue weighted by atomic mass is 9.98. The molecule has 1 rings (SSSR count). The summed E-state index contributed by atoms with van der Waals surface area (Å²) in [6.07, 6.45) is -6.90. The number of alkyl halides is 3. The van der Waals surface area contributed by atoms with Gasteiger partial charge in [-0.25, -0.2) is 9.78 Å². The number of aromatic nitrogens is 1. The van der Waals surface area contributed by atoms with Gasteiger partial charge in [0.15, 0.2) is 0 Å². The fraction of sp³-hybridized carbons (Fsp3) is 0.588. The molecule has 2 N–H and O–H groups in total. The first-order valence-corrected chi connectivity index (χ1v) is 8.49. The fourth-order valence-corrected chi connectivity index (χ4v) is 2.44. The summed E-state index contributed by atoms with van der Waals surface area (Å²) in [4.78, 5) is 26.5. The number of hydrogen-bond acceptors (Lipinski definition) is 5. The van der Waals surface area contributed by atoms with Crippen LogP contribution < -0.4 is 5.32 Å². The van der Waals surface area contributed by atoms with Crippen LogP contribution in [0.5, 0.6) is 0 Å². The number of halogens is 4. The molecular formula is C17H22ClF3N2O4. The molecule has 152 valence electrons. The highest BCUT2D eigenvalue weighted by Crippen LogP contribution is 2.32. The lowest BCUT2D eigenvalue weighted by Gasteiger charge is -2.27. The second-order valence-electron chi connectivity index (χ2n) is 7.01. The third kappa shape index (κ3) is 7.72. The number of alkyl carbamates (subject to hydrolysis) is 1. The number of nitrogens with one attached hydrogen (secondary N) is 1. The molecule has 0 unspecified atom stereocenters. The van der Waals surface area contributed by atoms with E-state index in [0.717, 1.165) is 6.07 Å². The predicted molar refractivity (Wildman–Crippen MR) is 92.3 cm³/mol. The van der Waals surface area contributed by atoms with Crippen molar-refractivity contribution in [3.05, 3.63) is 28.5 Å². The highest BCUT2D eigenvalue weighted by molar-refractivity contribution is 6.30. The summed E-state index contributed by atoms with van der Waals surface area (Å²) in [6, 6.07) is 0.515. The number of ether oxygens (including phenoxy) is 1. The number of pyridine rings is 1. The van der Waals surface area contributed by atoms with E-state index in [2.05, 4.69) is 10.3 Å². The van der Waals surface area contributed by atoms with E-state index in [9.17, 15) is 27.9 Å². The predicted octanol–water partition coefficient (Wildman–Crippen LogP) is 4.05. The van der Waals surface area contributed by atoms with Crippen LogP contribution in [0.3, 0.4) is 0 Å². The number of nitrogens with zero attached hydrogens (tertiary/aromatic N) is 1. The lowest BCUT2D eigenvalue weighted by molar-refractivity contribution is -0.141. The summed E-state index contributed by atoms with van der Waals surface area (Å²) in [5.74, 6) is -0.193. The molecule has 0 aliphatic heterocycles. The molecular weight excluding hydrogens is 389 g/mol. The van der Waals surface area contributed by atoms with Crippen LogP contribution in [-0.4, -0.2) is 33.7 Å². The molecule has 0 aliphatic carbocycles. The Labute approximate surface area is 160 Å². The molecule has 1 aromatic heterocycles. The van der Waals surface area contributed by atoms with E-state index < -0.39 is 40.9 Å². The Kier molecular flexibility index (Phi) is 7.62. The molecule has 0 aliphatic rings. The van der Waals surface area contributed by atoms with E-state index >= 15 is 0 Å². The van der Waals surface area contributed by atoms with Crippen molar-refractivity contribution in [2.45, 2.75) is 64.5 Å². The maximum Gasteiger partial charge on any atom is 0.433 e. The zero-order valence-electron chi connectivity index (χ0n) is 15.4. The average molecular weight is 411 g/mol. The average Bonchev–Trinajstić information content (AvgIpc) is 2.47. The zero-order chi connectivity index (χ0) is 21.0. The van der Waals surface area contributed by atoms with Crippen LogP contribution in [0, 0.1) is 0 Å². The van der Waals surface area contributed by atoms with E-state index in [1.54, 1.807) is 20.8 Å². The number of carbonyl (C=O) groups excluding carboxylic acids is 2. The monoisotopic (exact) mass is 410 g/mol. The minimum atomic E-state index is -4.69. The standard InChI is InChI=1S/C17H22ClF3N2O4/c1-9(24)5-7-11(25)13(23-15(26)27-16(2,3)4)10-6-8-12(17(19,20)21)22-14(10)18/h6,8,11,13,25H,5,7H2,1-4H3,(H,23,26)/t11-,13-/m0/s1. The summed E-state index contributed by atoms with van der Waals surface area (Å²) < 4.78 is 43.4. The van der Waals surface area contributed by atoms with Crippen LogP contribution in [0.1, 0.15) is 57.8 Å². The first-order chi connectivity index (χ1) is 12.2. The summed E-state index contributed by atoms with van der Waals surface area (Å²) in [5.41, 5.74) is -2.06. The third-order valence-electron chi connectivity index (χ3n) is 3.35. The number of Topliss-reactive ketones (excluding diaryl/α,β-unsaturated/α-hetero) is 1. The Morgan fingerprint density at radius 1 is 1.30 bits per heavy atom. The molecule has 1 amide bonds. The van der Waals surface area contributed by atoms with Crippen LogP contribution in [0.2, 0.25) is 5.15 Å². The number of aliphatic hydroxyl groups is 1. The van der Waals surface area contributed by atoms with E-state index in [-0.39, 0.29) is 24.2 Å². The summed E-state index contributed by atoms with van der Waals surface area (Å²) >= 11 is 5.87. The van der Waals surface area contributed by atoms with Crippen molar-refractivity contribution < 1.29 is 32.6 Å². The van der Waals surface area contributed by atoms with E-state index in [4.69, 9.17) is 16.3 Å².